The molecule has 3 rings (SSSR count). The maximum Gasteiger partial charge on any atom is 0.319 e. The monoisotopic (exact) mass is 367 g/mol. The molecule has 3 amide bonds. The van der Waals surface area contributed by atoms with Gasteiger partial charge >= 0.3 is 6.03 Å². The summed E-state index contributed by atoms with van der Waals surface area (Å²) in [5.41, 5.74) is 2.69. The van der Waals surface area contributed by atoms with Crippen LogP contribution in [0.25, 0.3) is 0 Å². The van der Waals surface area contributed by atoms with E-state index in [-0.39, 0.29) is 17.9 Å². The van der Waals surface area contributed by atoms with Crippen LogP contribution in [0.2, 0.25) is 0 Å². The second-order valence-electron chi connectivity index (χ2n) is 6.67. The fourth-order valence-corrected chi connectivity index (χ4v) is 3.15. The lowest BCUT2D eigenvalue weighted by Crippen LogP contribution is -2.34. The molecule has 27 heavy (non-hydrogen) atoms. The number of carbonyl (C=O) groups is 2. The lowest BCUT2D eigenvalue weighted by atomic mass is 10.1. The first-order valence-corrected chi connectivity index (χ1v) is 9.20. The number of carbonyl (C=O) groups excluding carboxylic acids is 2. The first-order chi connectivity index (χ1) is 13.1. The number of benzene rings is 2. The van der Waals surface area contributed by atoms with Gasteiger partial charge < -0.3 is 20.3 Å². The highest BCUT2D eigenvalue weighted by Crippen LogP contribution is 2.25. The molecule has 1 fully saturated rings. The van der Waals surface area contributed by atoms with Crippen molar-refractivity contribution in [1.82, 2.24) is 5.32 Å². The number of anilines is 2. The third-order valence-corrected chi connectivity index (χ3v) is 4.54. The molecule has 2 aromatic carbocycles. The van der Waals surface area contributed by atoms with Gasteiger partial charge in [-0.15, -0.1) is 0 Å². The highest BCUT2D eigenvalue weighted by Gasteiger charge is 2.30. The Hall–Kier alpha value is -3.02. The third kappa shape index (κ3) is 4.78. The minimum absolute atomic E-state index is 0.0895. The second-order valence-corrected chi connectivity index (χ2v) is 6.67. The van der Waals surface area contributed by atoms with E-state index in [1.54, 1.807) is 11.0 Å². The van der Waals surface area contributed by atoms with Gasteiger partial charge in [0, 0.05) is 31.1 Å². The van der Waals surface area contributed by atoms with Gasteiger partial charge in [0.2, 0.25) is 5.91 Å². The fraction of sp³-hybridized carbons (Fsp3) is 0.333. The van der Waals surface area contributed by atoms with E-state index in [2.05, 4.69) is 10.6 Å². The van der Waals surface area contributed by atoms with E-state index < -0.39 is 0 Å². The maximum absolute atomic E-state index is 12.3. The van der Waals surface area contributed by atoms with Crippen LogP contribution in [0, 0.1) is 12.8 Å². The lowest BCUT2D eigenvalue weighted by molar-refractivity contribution is -0.117. The number of amides is 3. The molecule has 1 saturated heterocycles. The van der Waals surface area contributed by atoms with Gasteiger partial charge in [-0.25, -0.2) is 4.79 Å². The molecule has 0 radical (unpaired) electrons. The van der Waals surface area contributed by atoms with Gasteiger partial charge in [0.25, 0.3) is 0 Å². The number of nitrogens with zero attached hydrogens (tertiary/aromatic N) is 1. The molecule has 0 saturated carbocycles. The predicted octanol–water partition coefficient (Wildman–Crippen LogP) is 3.57. The summed E-state index contributed by atoms with van der Waals surface area (Å²) < 4.78 is 5.51. The number of hydrogen-bond acceptors (Lipinski definition) is 3. The first kappa shape index (κ1) is 18.8. The summed E-state index contributed by atoms with van der Waals surface area (Å²) in [5.74, 6) is 0.816. The largest absolute Gasteiger partial charge is 0.492 e. The van der Waals surface area contributed by atoms with Crippen LogP contribution in [-0.2, 0) is 4.79 Å². The molecule has 0 spiro atoms. The van der Waals surface area contributed by atoms with E-state index in [4.69, 9.17) is 4.74 Å². The van der Waals surface area contributed by atoms with Crippen molar-refractivity contribution in [2.45, 2.75) is 20.3 Å². The Morgan fingerprint density at radius 2 is 1.93 bits per heavy atom. The van der Waals surface area contributed by atoms with Crippen LogP contribution in [0.5, 0.6) is 5.75 Å². The molecule has 1 atom stereocenters. The molecule has 0 aromatic heterocycles. The van der Waals surface area contributed by atoms with Gasteiger partial charge in [-0.1, -0.05) is 29.8 Å². The number of rotatable bonds is 6. The molecule has 6 nitrogen and oxygen atoms in total. The number of para-hydroxylation sites is 2. The molecule has 1 heterocycles. The topological polar surface area (TPSA) is 70.7 Å². The summed E-state index contributed by atoms with van der Waals surface area (Å²) in [5, 5.41) is 5.67. The van der Waals surface area contributed by atoms with Crippen LogP contribution in [0.1, 0.15) is 18.9 Å². The van der Waals surface area contributed by atoms with Gasteiger partial charge in [-0.3, -0.25) is 4.79 Å². The summed E-state index contributed by atoms with van der Waals surface area (Å²) >= 11 is 0. The molecule has 6 heteroatoms. The van der Waals surface area contributed by atoms with Gasteiger partial charge in [-0.2, -0.15) is 0 Å². The molecular formula is C21H25N3O3. The Balaban J connectivity index is 1.52. The number of urea groups is 1. The Labute approximate surface area is 159 Å². The SMILES string of the molecule is CCOc1ccccc1NC(=O)NCC1CC(=O)N(c2ccc(C)cc2)C1. The lowest BCUT2D eigenvalue weighted by Gasteiger charge is -2.17. The molecule has 1 unspecified atom stereocenters. The minimum atomic E-state index is -0.302. The summed E-state index contributed by atoms with van der Waals surface area (Å²) in [6.45, 7) is 5.49. The normalized spacial score (nSPS) is 16.3. The molecule has 1 aliphatic heterocycles. The van der Waals surface area contributed by atoms with E-state index in [0.29, 0.717) is 37.6 Å². The van der Waals surface area contributed by atoms with E-state index in [1.807, 2.05) is 56.3 Å². The van der Waals surface area contributed by atoms with Crippen LogP contribution < -0.4 is 20.3 Å². The molecule has 2 N–H and O–H groups in total. The zero-order valence-electron chi connectivity index (χ0n) is 15.7. The minimum Gasteiger partial charge on any atom is -0.492 e. The van der Waals surface area contributed by atoms with E-state index in [1.165, 1.54) is 0 Å². The van der Waals surface area contributed by atoms with Crippen LogP contribution in [0.4, 0.5) is 16.2 Å². The Morgan fingerprint density at radius 1 is 1.19 bits per heavy atom. The average molecular weight is 367 g/mol. The van der Waals surface area contributed by atoms with Crippen molar-refractivity contribution in [1.29, 1.82) is 0 Å². The zero-order chi connectivity index (χ0) is 19.2. The number of aryl methyl sites for hydroxylation is 1. The Bertz CT molecular complexity index is 805. The van der Waals surface area contributed by atoms with Crippen molar-refractivity contribution in [3.8, 4) is 5.75 Å². The molecule has 1 aliphatic rings. The Morgan fingerprint density at radius 3 is 2.67 bits per heavy atom. The van der Waals surface area contributed by atoms with Crippen molar-refractivity contribution in [3.63, 3.8) is 0 Å². The van der Waals surface area contributed by atoms with Crippen LogP contribution in [0.3, 0.4) is 0 Å². The van der Waals surface area contributed by atoms with Crippen molar-refractivity contribution < 1.29 is 14.3 Å². The summed E-state index contributed by atoms with van der Waals surface area (Å²) in [6.07, 6.45) is 0.434. The third-order valence-electron chi connectivity index (χ3n) is 4.54. The fourth-order valence-electron chi connectivity index (χ4n) is 3.15. The van der Waals surface area contributed by atoms with E-state index in [0.717, 1.165) is 11.3 Å². The number of hydrogen-bond donors (Lipinski definition) is 2. The van der Waals surface area contributed by atoms with Gasteiger partial charge in [-0.05, 0) is 38.1 Å². The molecule has 0 bridgehead atoms. The standard InChI is InChI=1S/C21H25N3O3/c1-3-27-19-7-5-4-6-18(19)23-21(26)22-13-16-12-20(25)24(14-16)17-10-8-15(2)9-11-17/h4-11,16H,3,12-14H2,1-2H3,(H2,22,23,26). The molecule has 0 aliphatic carbocycles. The van der Waals surface area contributed by atoms with Crippen LogP contribution in [-0.4, -0.2) is 31.6 Å². The first-order valence-electron chi connectivity index (χ1n) is 9.20. The zero-order valence-corrected chi connectivity index (χ0v) is 15.7. The average Bonchev–Trinajstić information content (AvgIpc) is 3.03. The predicted molar refractivity (Wildman–Crippen MR) is 106 cm³/mol. The van der Waals surface area contributed by atoms with E-state index in [9.17, 15) is 9.59 Å². The second kappa shape index (κ2) is 8.58. The smallest absolute Gasteiger partial charge is 0.319 e. The van der Waals surface area contributed by atoms with Gasteiger partial charge in [0.05, 0.1) is 12.3 Å². The number of nitrogens with one attached hydrogen (secondary N) is 2. The Kier molecular flexibility index (Phi) is 5.96. The molecule has 142 valence electrons. The summed E-state index contributed by atoms with van der Waals surface area (Å²) in [7, 11) is 0. The van der Waals surface area contributed by atoms with Gasteiger partial charge in [0.15, 0.2) is 0 Å². The highest BCUT2D eigenvalue weighted by atomic mass is 16.5. The molecular weight excluding hydrogens is 342 g/mol. The van der Waals surface area contributed by atoms with Crippen molar-refractivity contribution in [2.75, 3.05) is 29.9 Å². The highest BCUT2D eigenvalue weighted by molar-refractivity contribution is 5.96. The van der Waals surface area contributed by atoms with Crippen LogP contribution >= 0.6 is 0 Å². The quantitative estimate of drug-likeness (QED) is 0.820. The summed E-state index contributed by atoms with van der Waals surface area (Å²) in [4.78, 5) is 26.3. The maximum atomic E-state index is 12.3. The van der Waals surface area contributed by atoms with E-state index >= 15 is 0 Å². The summed E-state index contributed by atoms with van der Waals surface area (Å²) in [6, 6.07) is 14.9. The number of ether oxygens (including phenoxy) is 1. The van der Waals surface area contributed by atoms with Gasteiger partial charge in [0.1, 0.15) is 5.75 Å². The van der Waals surface area contributed by atoms with Crippen molar-refractivity contribution in [2.24, 2.45) is 5.92 Å². The van der Waals surface area contributed by atoms with Crippen LogP contribution in [0.15, 0.2) is 48.5 Å². The van der Waals surface area contributed by atoms with Crippen molar-refractivity contribution in [3.05, 3.63) is 54.1 Å². The molecule has 2 aromatic rings. The van der Waals surface area contributed by atoms with Crippen molar-refractivity contribution >= 4 is 23.3 Å².